The molecule has 3 aromatic rings. The average Bonchev–Trinajstić information content (AvgIpc) is 3.23. The Hall–Kier alpha value is -2.75. The first-order valence-electron chi connectivity index (χ1n) is 13.5. The van der Waals surface area contributed by atoms with Crippen molar-refractivity contribution in [3.05, 3.63) is 70.0 Å². The van der Waals surface area contributed by atoms with Gasteiger partial charge in [0, 0.05) is 18.7 Å². The first kappa shape index (κ1) is 28.3. The van der Waals surface area contributed by atoms with Crippen molar-refractivity contribution in [3.8, 4) is 0 Å². The average molecular weight is 542 g/mol. The second-order valence-corrected chi connectivity index (χ2v) is 16.8. The lowest BCUT2D eigenvalue weighted by Gasteiger charge is -2.41. The number of H-pyrrole nitrogens is 1. The molecule has 2 heterocycles. The highest BCUT2D eigenvalue weighted by molar-refractivity contribution is 6.74. The van der Waals surface area contributed by atoms with Gasteiger partial charge in [-0.1, -0.05) is 32.9 Å². The largest absolute Gasteiger partial charge is 0.417 e. The van der Waals surface area contributed by atoms with Gasteiger partial charge in [-0.05, 0) is 92.3 Å². The fraction of sp³-hybridized carbons (Fsp3) is 0.517. The van der Waals surface area contributed by atoms with E-state index in [1.54, 1.807) is 18.2 Å². The minimum Gasteiger partial charge on any atom is -0.411 e. The molecule has 1 aromatic heterocycles. The second kappa shape index (κ2) is 11.6. The summed E-state index contributed by atoms with van der Waals surface area (Å²) in [5.41, 5.74) is 2.55. The normalized spacial score (nSPS) is 16.6. The van der Waals surface area contributed by atoms with Crippen molar-refractivity contribution in [1.29, 1.82) is 0 Å². The van der Waals surface area contributed by atoms with Gasteiger partial charge in [0.15, 0.2) is 13.9 Å². The predicted octanol–water partition coefficient (Wildman–Crippen LogP) is 5.34. The molecule has 1 aliphatic rings. The number of nitrogens with one attached hydrogen (secondary N) is 2. The molecule has 0 radical (unpaired) electrons. The van der Waals surface area contributed by atoms with E-state index >= 15 is 0 Å². The number of carbonyl (C=O) groups is 1. The summed E-state index contributed by atoms with van der Waals surface area (Å²) in [6.07, 6.45) is 3.00. The van der Waals surface area contributed by atoms with E-state index in [0.717, 1.165) is 38.9 Å². The Morgan fingerprint density at radius 2 is 1.87 bits per heavy atom. The van der Waals surface area contributed by atoms with E-state index < -0.39 is 14.1 Å². The molecule has 1 atom stereocenters. The smallest absolute Gasteiger partial charge is 0.411 e. The Balaban J connectivity index is 1.37. The van der Waals surface area contributed by atoms with Crippen LogP contribution in [0.1, 0.15) is 49.5 Å². The summed E-state index contributed by atoms with van der Waals surface area (Å²) in [5, 5.41) is 3.10. The molecule has 38 heavy (non-hydrogen) atoms. The molecule has 9 heteroatoms. The van der Waals surface area contributed by atoms with Gasteiger partial charge < -0.3 is 19.1 Å². The van der Waals surface area contributed by atoms with Crippen LogP contribution in [-0.2, 0) is 10.8 Å². The van der Waals surface area contributed by atoms with Crippen LogP contribution >= 0.6 is 0 Å². The molecular formula is C29H40FN3O4Si. The maximum absolute atomic E-state index is 13.2. The zero-order chi connectivity index (χ0) is 27.5. The summed E-state index contributed by atoms with van der Waals surface area (Å²) in [6, 6.07) is 11.8. The van der Waals surface area contributed by atoms with Crippen LogP contribution in [-0.4, -0.2) is 56.4 Å². The van der Waals surface area contributed by atoms with Gasteiger partial charge in [-0.2, -0.15) is 0 Å². The van der Waals surface area contributed by atoms with E-state index in [0.29, 0.717) is 29.1 Å². The summed E-state index contributed by atoms with van der Waals surface area (Å²) in [6.45, 7) is 14.2. The molecule has 2 aromatic carbocycles. The van der Waals surface area contributed by atoms with Crippen LogP contribution in [0.4, 0.5) is 4.39 Å². The van der Waals surface area contributed by atoms with Crippen LogP contribution < -0.4 is 11.1 Å². The van der Waals surface area contributed by atoms with Crippen LogP contribution in [0.25, 0.3) is 11.1 Å². The van der Waals surface area contributed by atoms with E-state index in [9.17, 15) is 14.0 Å². The summed E-state index contributed by atoms with van der Waals surface area (Å²) in [4.78, 5) is 29.5. The Bertz CT molecular complexity index is 1290. The van der Waals surface area contributed by atoms with Crippen molar-refractivity contribution in [3.63, 3.8) is 0 Å². The number of amides is 1. The number of oxazole rings is 1. The Kier molecular flexibility index (Phi) is 8.59. The number of aromatic amines is 1. The van der Waals surface area contributed by atoms with Gasteiger partial charge in [-0.25, -0.2) is 9.18 Å². The molecule has 0 saturated carbocycles. The highest BCUT2D eigenvalue weighted by Crippen LogP contribution is 2.37. The standard InChI is InChI=1S/C29H40FN3O4Si/c1-29(2,3)38(4,5)37-24(18-31-27(34)22-8-11-25-26(17-22)36-28(35)32-25)19-33-14-12-21(13-15-33)16-20-6-9-23(30)10-7-20/h6-11,17,21,24H,12-16,18-19H2,1-5H3,(H,31,34)(H,32,35). The molecule has 0 aliphatic carbocycles. The molecule has 1 saturated heterocycles. The number of nitrogens with zero attached hydrogens (tertiary/aromatic N) is 1. The highest BCUT2D eigenvalue weighted by Gasteiger charge is 2.39. The first-order valence-corrected chi connectivity index (χ1v) is 16.4. The maximum atomic E-state index is 13.2. The monoisotopic (exact) mass is 541 g/mol. The first-order chi connectivity index (χ1) is 17.9. The molecule has 1 fully saturated rings. The van der Waals surface area contributed by atoms with Crippen molar-refractivity contribution in [2.45, 2.75) is 64.3 Å². The number of hydrogen-bond acceptors (Lipinski definition) is 5. The highest BCUT2D eigenvalue weighted by atomic mass is 28.4. The Labute approximate surface area is 224 Å². The van der Waals surface area contributed by atoms with Gasteiger partial charge in [0.25, 0.3) is 5.91 Å². The summed E-state index contributed by atoms with van der Waals surface area (Å²) in [7, 11) is -2.07. The number of hydrogen-bond donors (Lipinski definition) is 2. The van der Waals surface area contributed by atoms with Crippen molar-refractivity contribution in [2.75, 3.05) is 26.2 Å². The van der Waals surface area contributed by atoms with Crippen LogP contribution in [0.3, 0.4) is 0 Å². The van der Waals surface area contributed by atoms with Crippen molar-refractivity contribution >= 4 is 25.3 Å². The van der Waals surface area contributed by atoms with Gasteiger partial charge in [-0.15, -0.1) is 0 Å². The maximum Gasteiger partial charge on any atom is 0.417 e. The number of likely N-dealkylation sites (tertiary alicyclic amines) is 1. The van der Waals surface area contributed by atoms with Crippen LogP contribution in [0, 0.1) is 11.7 Å². The fourth-order valence-electron chi connectivity index (χ4n) is 4.75. The summed E-state index contributed by atoms with van der Waals surface area (Å²) in [5.74, 6) is -0.376. The molecule has 7 nitrogen and oxygen atoms in total. The molecular weight excluding hydrogens is 501 g/mol. The topological polar surface area (TPSA) is 87.6 Å². The van der Waals surface area contributed by atoms with E-state index in [1.807, 2.05) is 12.1 Å². The van der Waals surface area contributed by atoms with Gasteiger partial charge >= 0.3 is 5.76 Å². The number of piperidine rings is 1. The third-order valence-corrected chi connectivity index (χ3v) is 12.6. The Morgan fingerprint density at radius 1 is 1.18 bits per heavy atom. The van der Waals surface area contributed by atoms with Gasteiger partial charge in [-0.3, -0.25) is 9.78 Å². The van der Waals surface area contributed by atoms with Gasteiger partial charge in [0.1, 0.15) is 5.82 Å². The zero-order valence-electron chi connectivity index (χ0n) is 23.1. The number of rotatable bonds is 9. The fourth-order valence-corrected chi connectivity index (χ4v) is 6.09. The van der Waals surface area contributed by atoms with Crippen molar-refractivity contribution in [2.24, 2.45) is 5.92 Å². The number of halogens is 1. The van der Waals surface area contributed by atoms with Gasteiger partial charge in [0.05, 0.1) is 11.6 Å². The van der Waals surface area contributed by atoms with Crippen molar-refractivity contribution < 1.29 is 18.0 Å². The molecule has 1 unspecified atom stereocenters. The predicted molar refractivity (Wildman–Crippen MR) is 151 cm³/mol. The lowest BCUT2D eigenvalue weighted by molar-refractivity contribution is 0.0819. The molecule has 4 rings (SSSR count). The second-order valence-electron chi connectivity index (χ2n) is 12.0. The molecule has 0 spiro atoms. The number of benzene rings is 2. The lowest BCUT2D eigenvalue weighted by atomic mass is 9.90. The SMILES string of the molecule is CC(C)(C)[Si](C)(C)OC(CNC(=O)c1ccc2[nH]c(=O)oc2c1)CN1CCC(Cc2ccc(F)cc2)CC1. The summed E-state index contributed by atoms with van der Waals surface area (Å²) >= 11 is 0. The quantitative estimate of drug-likeness (QED) is 0.357. The van der Waals surface area contributed by atoms with E-state index in [-0.39, 0.29) is 22.9 Å². The molecule has 0 bridgehead atoms. The third-order valence-electron chi connectivity index (χ3n) is 8.05. The minimum absolute atomic E-state index is 0.0499. The molecule has 1 amide bonds. The van der Waals surface area contributed by atoms with Crippen LogP contribution in [0.15, 0.2) is 51.7 Å². The zero-order valence-corrected chi connectivity index (χ0v) is 24.1. The van der Waals surface area contributed by atoms with Crippen LogP contribution in [0.5, 0.6) is 0 Å². The molecule has 2 N–H and O–H groups in total. The van der Waals surface area contributed by atoms with E-state index in [2.05, 4.69) is 49.1 Å². The number of carbonyl (C=O) groups excluding carboxylic acids is 1. The van der Waals surface area contributed by atoms with E-state index in [1.165, 1.54) is 17.7 Å². The molecule has 206 valence electrons. The van der Waals surface area contributed by atoms with Crippen molar-refractivity contribution in [1.82, 2.24) is 15.2 Å². The van der Waals surface area contributed by atoms with Crippen LogP contribution in [0.2, 0.25) is 18.1 Å². The van der Waals surface area contributed by atoms with Gasteiger partial charge in [0.2, 0.25) is 0 Å². The molecule has 1 aliphatic heterocycles. The summed E-state index contributed by atoms with van der Waals surface area (Å²) < 4.78 is 25.1. The lowest BCUT2D eigenvalue weighted by Crippen LogP contribution is -2.51. The minimum atomic E-state index is -2.07. The number of fused-ring (bicyclic) bond motifs is 1. The Morgan fingerprint density at radius 3 is 2.53 bits per heavy atom. The van der Waals surface area contributed by atoms with E-state index in [4.69, 9.17) is 8.84 Å². The third kappa shape index (κ3) is 7.21. The number of aromatic nitrogens is 1.